The quantitative estimate of drug-likeness (QED) is 0.795. The Kier molecular flexibility index (Phi) is 5.43. The maximum atomic E-state index is 13.3. The maximum Gasteiger partial charge on any atom is 0.123 e. The molecule has 0 fully saturated rings. The highest BCUT2D eigenvalue weighted by Crippen LogP contribution is 2.32. The second-order valence-corrected chi connectivity index (χ2v) is 5.68. The lowest BCUT2D eigenvalue weighted by molar-refractivity contribution is 0.196. The number of aliphatic hydroxyl groups excluding tert-OH is 1. The average molecular weight is 257 g/mol. The zero-order valence-electron chi connectivity index (χ0n) is 10.7. The fourth-order valence-electron chi connectivity index (χ4n) is 1.42. The van der Waals surface area contributed by atoms with Crippen molar-refractivity contribution >= 4 is 11.8 Å². The Labute approximate surface area is 107 Å². The van der Waals surface area contributed by atoms with E-state index in [1.807, 2.05) is 20.9 Å². The van der Waals surface area contributed by atoms with Crippen molar-refractivity contribution in [2.24, 2.45) is 0 Å². The van der Waals surface area contributed by atoms with Gasteiger partial charge in [-0.1, -0.05) is 6.92 Å². The third-order valence-corrected chi connectivity index (χ3v) is 4.25. The fraction of sp³-hybridized carbons (Fsp3) is 0.538. The summed E-state index contributed by atoms with van der Waals surface area (Å²) in [5.74, 6) is -0.226. The van der Waals surface area contributed by atoms with Crippen LogP contribution in [0.1, 0.15) is 32.4 Å². The van der Waals surface area contributed by atoms with E-state index in [2.05, 4.69) is 5.32 Å². The molecule has 4 heteroatoms. The number of hydrogen-bond acceptors (Lipinski definition) is 3. The summed E-state index contributed by atoms with van der Waals surface area (Å²) in [6.45, 7) is 5.72. The Morgan fingerprint density at radius 2 is 1.94 bits per heavy atom. The van der Waals surface area contributed by atoms with Crippen molar-refractivity contribution in [3.8, 4) is 0 Å². The molecule has 2 N–H and O–H groups in total. The van der Waals surface area contributed by atoms with Gasteiger partial charge in [-0.25, -0.2) is 4.39 Å². The van der Waals surface area contributed by atoms with Crippen LogP contribution in [0.2, 0.25) is 0 Å². The Bertz CT molecular complexity index is 370. The summed E-state index contributed by atoms with van der Waals surface area (Å²) >= 11 is 1.57. The molecule has 0 aliphatic carbocycles. The van der Waals surface area contributed by atoms with Crippen LogP contribution in [0.5, 0.6) is 0 Å². The normalized spacial score (nSPS) is 16.6. The predicted octanol–water partition coefficient (Wildman–Crippen LogP) is 2.97. The van der Waals surface area contributed by atoms with Gasteiger partial charge in [0.25, 0.3) is 0 Å². The summed E-state index contributed by atoms with van der Waals surface area (Å²) in [7, 11) is 1.85. The molecule has 0 aliphatic rings. The number of benzene rings is 1. The fourth-order valence-corrected chi connectivity index (χ4v) is 2.54. The molecule has 0 saturated heterocycles. The molecule has 0 aromatic heterocycles. The van der Waals surface area contributed by atoms with Crippen LogP contribution in [-0.4, -0.2) is 23.5 Å². The van der Waals surface area contributed by atoms with Crippen LogP contribution in [0.3, 0.4) is 0 Å². The minimum atomic E-state index is -0.386. The molecule has 0 heterocycles. The summed E-state index contributed by atoms with van der Waals surface area (Å²) < 4.78 is 13.3. The first kappa shape index (κ1) is 14.5. The van der Waals surface area contributed by atoms with Gasteiger partial charge in [0, 0.05) is 16.2 Å². The number of nitrogens with one attached hydrogen (secondary N) is 1. The van der Waals surface area contributed by atoms with Crippen LogP contribution in [0.4, 0.5) is 4.39 Å². The third kappa shape index (κ3) is 3.98. The van der Waals surface area contributed by atoms with E-state index in [9.17, 15) is 9.50 Å². The van der Waals surface area contributed by atoms with Crippen LogP contribution in [0.25, 0.3) is 0 Å². The number of hydrogen-bond donors (Lipinski definition) is 2. The molecule has 1 aromatic carbocycles. The summed E-state index contributed by atoms with van der Waals surface area (Å²) in [6, 6.07) is 4.89. The molecule has 0 bridgehead atoms. The van der Waals surface area contributed by atoms with E-state index in [1.165, 1.54) is 6.07 Å². The monoisotopic (exact) mass is 257 g/mol. The molecular weight excluding hydrogens is 237 g/mol. The molecule has 3 unspecified atom stereocenters. The van der Waals surface area contributed by atoms with Crippen molar-refractivity contribution in [3.05, 3.63) is 29.6 Å². The third-order valence-electron chi connectivity index (χ3n) is 2.86. The topological polar surface area (TPSA) is 32.3 Å². The zero-order chi connectivity index (χ0) is 13.0. The predicted molar refractivity (Wildman–Crippen MR) is 70.9 cm³/mol. The Balaban J connectivity index is 2.98. The molecule has 0 radical (unpaired) electrons. The summed E-state index contributed by atoms with van der Waals surface area (Å²) in [5, 5.41) is 12.7. The van der Waals surface area contributed by atoms with Gasteiger partial charge in [0.1, 0.15) is 5.82 Å². The highest BCUT2D eigenvalue weighted by atomic mass is 32.2. The van der Waals surface area contributed by atoms with Gasteiger partial charge in [0.05, 0.1) is 6.10 Å². The van der Waals surface area contributed by atoms with Crippen LogP contribution in [0.15, 0.2) is 23.1 Å². The number of thioether (sulfide) groups is 1. The minimum absolute atomic E-state index is 0.0864. The molecule has 17 heavy (non-hydrogen) atoms. The van der Waals surface area contributed by atoms with Crippen molar-refractivity contribution in [2.45, 2.75) is 43.1 Å². The van der Waals surface area contributed by atoms with Gasteiger partial charge in [-0.05, 0) is 44.7 Å². The second-order valence-electron chi connectivity index (χ2n) is 4.26. The van der Waals surface area contributed by atoms with E-state index in [0.29, 0.717) is 0 Å². The minimum Gasteiger partial charge on any atom is -0.392 e. The lowest BCUT2D eigenvalue weighted by Gasteiger charge is -2.19. The van der Waals surface area contributed by atoms with E-state index < -0.39 is 0 Å². The van der Waals surface area contributed by atoms with Gasteiger partial charge in [-0.3, -0.25) is 0 Å². The van der Waals surface area contributed by atoms with Crippen LogP contribution in [0, 0.1) is 5.82 Å². The molecule has 1 aromatic rings. The molecule has 1 rings (SSSR count). The van der Waals surface area contributed by atoms with E-state index in [0.717, 1.165) is 10.5 Å². The molecule has 0 amide bonds. The van der Waals surface area contributed by atoms with E-state index >= 15 is 0 Å². The molecule has 0 spiro atoms. The van der Waals surface area contributed by atoms with Gasteiger partial charge in [0.2, 0.25) is 0 Å². The highest BCUT2D eigenvalue weighted by Gasteiger charge is 2.16. The van der Waals surface area contributed by atoms with Gasteiger partial charge in [0.15, 0.2) is 0 Å². The Morgan fingerprint density at radius 3 is 2.47 bits per heavy atom. The number of aliphatic hydroxyl groups is 1. The van der Waals surface area contributed by atoms with Gasteiger partial charge in [-0.15, -0.1) is 11.8 Å². The first-order valence-corrected chi connectivity index (χ1v) is 6.65. The lowest BCUT2D eigenvalue weighted by atomic mass is 10.1. The van der Waals surface area contributed by atoms with Gasteiger partial charge < -0.3 is 10.4 Å². The van der Waals surface area contributed by atoms with Crippen molar-refractivity contribution in [1.29, 1.82) is 0 Å². The molecule has 0 aliphatic heterocycles. The molecule has 0 saturated carbocycles. The standard InChI is InChI=1S/C13H20FNOS/c1-8(15-4)12-7-11(14)5-6-13(12)17-10(3)9(2)16/h5-10,15-16H,1-4H3. The van der Waals surface area contributed by atoms with Crippen molar-refractivity contribution in [2.75, 3.05) is 7.05 Å². The van der Waals surface area contributed by atoms with E-state index in [1.54, 1.807) is 30.8 Å². The Morgan fingerprint density at radius 1 is 1.29 bits per heavy atom. The molecule has 3 atom stereocenters. The number of halogens is 1. The molecular formula is C13H20FNOS. The van der Waals surface area contributed by atoms with Crippen LogP contribution < -0.4 is 5.32 Å². The maximum absolute atomic E-state index is 13.3. The zero-order valence-corrected chi connectivity index (χ0v) is 11.5. The van der Waals surface area contributed by atoms with Gasteiger partial charge >= 0.3 is 0 Å². The highest BCUT2D eigenvalue weighted by molar-refractivity contribution is 8.00. The first-order valence-electron chi connectivity index (χ1n) is 5.77. The summed E-state index contributed by atoms with van der Waals surface area (Å²) in [4.78, 5) is 1.02. The van der Waals surface area contributed by atoms with Crippen LogP contribution in [-0.2, 0) is 0 Å². The summed E-state index contributed by atoms with van der Waals surface area (Å²) in [5.41, 5.74) is 0.935. The molecule has 2 nitrogen and oxygen atoms in total. The second kappa shape index (κ2) is 6.38. The van der Waals surface area contributed by atoms with Crippen LogP contribution >= 0.6 is 11.8 Å². The number of rotatable bonds is 5. The SMILES string of the molecule is CNC(C)c1cc(F)ccc1SC(C)C(C)O. The van der Waals surface area contributed by atoms with Gasteiger partial charge in [-0.2, -0.15) is 0 Å². The summed E-state index contributed by atoms with van der Waals surface area (Å²) in [6.07, 6.45) is -0.386. The smallest absolute Gasteiger partial charge is 0.123 e. The Hall–Kier alpha value is -0.580. The average Bonchev–Trinajstić information content (AvgIpc) is 2.30. The molecule has 96 valence electrons. The van der Waals surface area contributed by atoms with E-state index in [4.69, 9.17) is 0 Å². The van der Waals surface area contributed by atoms with Crippen molar-refractivity contribution in [3.63, 3.8) is 0 Å². The first-order chi connectivity index (χ1) is 7.95. The van der Waals surface area contributed by atoms with Crippen molar-refractivity contribution < 1.29 is 9.50 Å². The lowest BCUT2D eigenvalue weighted by Crippen LogP contribution is -2.17. The van der Waals surface area contributed by atoms with Crippen molar-refractivity contribution in [1.82, 2.24) is 5.32 Å². The van der Waals surface area contributed by atoms with E-state index in [-0.39, 0.29) is 23.2 Å². The largest absolute Gasteiger partial charge is 0.392 e.